The van der Waals surface area contributed by atoms with Gasteiger partial charge in [-0.1, -0.05) is 36.4 Å². The number of fused-ring (bicyclic) bond motifs is 1. The Morgan fingerprint density at radius 2 is 2.09 bits per heavy atom. The first-order valence-corrected chi connectivity index (χ1v) is 7.37. The van der Waals surface area contributed by atoms with E-state index in [2.05, 4.69) is 0 Å². The predicted octanol–water partition coefficient (Wildman–Crippen LogP) is 2.85. The zero-order valence-electron chi connectivity index (χ0n) is 13.2. The topological polar surface area (TPSA) is 45.6 Å². The highest BCUT2D eigenvalue weighted by atomic mass is 16.3. The molecule has 4 nitrogen and oxygen atoms in total. The molecule has 0 amide bonds. The van der Waals surface area contributed by atoms with Crippen LogP contribution in [0.2, 0.25) is 0 Å². The number of rotatable bonds is 4. The van der Waals surface area contributed by atoms with Crippen molar-refractivity contribution in [2.75, 3.05) is 0 Å². The zero-order chi connectivity index (χ0) is 16.1. The summed E-state index contributed by atoms with van der Waals surface area (Å²) < 4.78 is 3.29. The molecule has 2 heterocycles. The zero-order valence-corrected chi connectivity index (χ0v) is 13.2. The highest BCUT2D eigenvalue weighted by Gasteiger charge is 2.24. The molecule has 0 saturated carbocycles. The maximum absolute atomic E-state index is 12.8. The van der Waals surface area contributed by atoms with Gasteiger partial charge in [0.15, 0.2) is 5.56 Å². The number of hydrogen-bond acceptors (Lipinski definition) is 2. The Labute approximate surface area is 130 Å². The molecule has 0 aliphatic heterocycles. The van der Waals surface area contributed by atoms with E-state index < -0.39 is 0 Å². The quantitative estimate of drug-likeness (QED) is 0.697. The summed E-state index contributed by atoms with van der Waals surface area (Å²) in [5, 5.41) is 10.6. The van der Waals surface area contributed by atoms with Crippen molar-refractivity contribution in [1.29, 1.82) is 0 Å². The van der Waals surface area contributed by atoms with Crippen molar-refractivity contribution in [3.63, 3.8) is 0 Å². The first-order valence-electron chi connectivity index (χ1n) is 7.37. The average Bonchev–Trinajstić information content (AvgIpc) is 2.53. The van der Waals surface area contributed by atoms with Gasteiger partial charge in [0.1, 0.15) is 0 Å². The van der Waals surface area contributed by atoms with Crippen LogP contribution in [0.25, 0.3) is 11.2 Å². The number of pyridine rings is 1. The van der Waals surface area contributed by atoms with Gasteiger partial charge in [-0.3, -0.25) is 0 Å². The van der Waals surface area contributed by atoms with Crippen molar-refractivity contribution < 1.29 is 9.67 Å². The van der Waals surface area contributed by atoms with Gasteiger partial charge in [0.25, 0.3) is 11.5 Å². The normalized spacial score (nSPS) is 12.8. The summed E-state index contributed by atoms with van der Waals surface area (Å²) in [5.41, 5.74) is 1.43. The fourth-order valence-corrected chi connectivity index (χ4v) is 2.45. The number of aryl methyl sites for hydroxylation is 1. The third-order valence-corrected chi connectivity index (χ3v) is 3.45. The largest absolute Gasteiger partial charge is 0.477 e. The van der Waals surface area contributed by atoms with Crippen LogP contribution in [-0.4, -0.2) is 9.51 Å². The second-order valence-electron chi connectivity index (χ2n) is 4.82. The molecule has 0 saturated heterocycles. The molecule has 2 aromatic heterocycles. The summed E-state index contributed by atoms with van der Waals surface area (Å²) in [6.07, 6.45) is 11.0. The van der Waals surface area contributed by atoms with E-state index in [1.54, 1.807) is 21.2 Å². The molecule has 2 rings (SSSR count). The van der Waals surface area contributed by atoms with Crippen molar-refractivity contribution in [1.82, 2.24) is 4.40 Å². The molecule has 0 unspecified atom stereocenters. The van der Waals surface area contributed by atoms with Crippen molar-refractivity contribution in [2.24, 2.45) is 0 Å². The molecule has 1 N–H and O–H groups in total. The third-order valence-electron chi connectivity index (χ3n) is 3.45. The predicted molar refractivity (Wildman–Crippen MR) is 88.8 cm³/mol. The number of nitrogens with zero attached hydrogens (tertiary/aromatic N) is 2. The van der Waals surface area contributed by atoms with Crippen LogP contribution in [-0.2, 0) is 6.54 Å². The second-order valence-corrected chi connectivity index (χ2v) is 4.82. The van der Waals surface area contributed by atoms with E-state index in [0.29, 0.717) is 23.3 Å². The second kappa shape index (κ2) is 6.89. The van der Waals surface area contributed by atoms with Crippen molar-refractivity contribution in [3.8, 4) is 5.88 Å². The van der Waals surface area contributed by atoms with E-state index in [1.807, 2.05) is 63.3 Å². The van der Waals surface area contributed by atoms with Gasteiger partial charge in [0.05, 0.1) is 12.7 Å². The minimum Gasteiger partial charge on any atom is -0.477 e. The molecule has 0 aliphatic rings. The summed E-state index contributed by atoms with van der Waals surface area (Å²) in [6, 6.07) is 5.47. The fourth-order valence-electron chi connectivity index (χ4n) is 2.45. The Morgan fingerprint density at radius 3 is 2.73 bits per heavy atom. The molecule has 4 heteroatoms. The van der Waals surface area contributed by atoms with Gasteiger partial charge in [-0.05, 0) is 32.4 Å². The van der Waals surface area contributed by atoms with Crippen LogP contribution in [0, 0.1) is 0 Å². The van der Waals surface area contributed by atoms with E-state index in [0.717, 1.165) is 0 Å². The van der Waals surface area contributed by atoms with Gasteiger partial charge in [0, 0.05) is 6.07 Å². The first kappa shape index (κ1) is 15.8. The van der Waals surface area contributed by atoms with Crippen LogP contribution in [0.4, 0.5) is 0 Å². The lowest BCUT2D eigenvalue weighted by atomic mass is 10.1. The number of aromatic nitrogens is 2. The molecule has 0 spiro atoms. The highest BCUT2D eigenvalue weighted by molar-refractivity contribution is 5.77. The van der Waals surface area contributed by atoms with Gasteiger partial charge in [-0.25, -0.2) is 4.79 Å². The van der Waals surface area contributed by atoms with Gasteiger partial charge in [0.2, 0.25) is 0 Å². The lowest BCUT2D eigenvalue weighted by molar-refractivity contribution is -0.677. The molecule has 0 atom stereocenters. The molecule has 0 fully saturated rings. The number of allylic oxidation sites excluding steroid dienone is 6. The van der Waals surface area contributed by atoms with Crippen LogP contribution < -0.4 is 10.1 Å². The van der Waals surface area contributed by atoms with E-state index in [1.165, 1.54) is 0 Å². The fraction of sp³-hybridized carbons (Fsp3) is 0.222. The lowest BCUT2D eigenvalue weighted by Gasteiger charge is -2.08. The Kier molecular flexibility index (Phi) is 4.94. The lowest BCUT2D eigenvalue weighted by Crippen LogP contribution is -2.40. The summed E-state index contributed by atoms with van der Waals surface area (Å²) in [7, 11) is 0. The number of hydrogen-bond donors (Lipinski definition) is 1. The van der Waals surface area contributed by atoms with Gasteiger partial charge >= 0.3 is 5.56 Å². The smallest absolute Gasteiger partial charge is 0.354 e. The molecular formula is C18H21N2O2+. The Hall–Kier alpha value is -2.62. The van der Waals surface area contributed by atoms with Gasteiger partial charge in [-0.2, -0.15) is 8.97 Å². The maximum atomic E-state index is 12.8. The van der Waals surface area contributed by atoms with Crippen LogP contribution in [0.5, 0.6) is 5.88 Å². The SMILES string of the molecule is C\C=C/C=C(\C=C/C)c1c(O)[n+](CC)c2ccccn2c1=O. The van der Waals surface area contributed by atoms with Gasteiger partial charge in [-0.15, -0.1) is 0 Å². The molecule has 2 aromatic rings. The summed E-state index contributed by atoms with van der Waals surface area (Å²) in [6.45, 7) is 6.29. The van der Waals surface area contributed by atoms with Crippen molar-refractivity contribution >= 4 is 11.2 Å². The van der Waals surface area contributed by atoms with E-state index in [-0.39, 0.29) is 11.4 Å². The Balaban J connectivity index is 2.92. The Bertz CT molecular complexity index is 827. The molecule has 22 heavy (non-hydrogen) atoms. The molecular weight excluding hydrogens is 276 g/mol. The van der Waals surface area contributed by atoms with E-state index in [4.69, 9.17) is 0 Å². The molecule has 114 valence electrons. The average molecular weight is 297 g/mol. The summed E-state index contributed by atoms with van der Waals surface area (Å²) >= 11 is 0. The summed E-state index contributed by atoms with van der Waals surface area (Å²) in [5.74, 6) is -0.00690. The van der Waals surface area contributed by atoms with Crippen molar-refractivity contribution in [3.05, 3.63) is 70.7 Å². The first-order chi connectivity index (χ1) is 10.7. The van der Waals surface area contributed by atoms with Crippen LogP contribution >= 0.6 is 0 Å². The van der Waals surface area contributed by atoms with Crippen LogP contribution in [0.15, 0.2) is 59.6 Å². The maximum Gasteiger partial charge on any atom is 0.354 e. The monoisotopic (exact) mass is 297 g/mol. The van der Waals surface area contributed by atoms with Crippen LogP contribution in [0.1, 0.15) is 26.3 Å². The molecule has 0 aliphatic carbocycles. The van der Waals surface area contributed by atoms with Crippen molar-refractivity contribution in [2.45, 2.75) is 27.3 Å². The van der Waals surface area contributed by atoms with E-state index >= 15 is 0 Å². The van der Waals surface area contributed by atoms with Gasteiger partial charge < -0.3 is 5.11 Å². The third kappa shape index (κ3) is 2.72. The van der Waals surface area contributed by atoms with Crippen LogP contribution in [0.3, 0.4) is 0 Å². The highest BCUT2D eigenvalue weighted by Crippen LogP contribution is 2.20. The minimum absolute atomic E-state index is 0.00690. The number of aromatic hydroxyl groups is 1. The van der Waals surface area contributed by atoms with E-state index in [9.17, 15) is 9.90 Å². The summed E-state index contributed by atoms with van der Waals surface area (Å²) in [4.78, 5) is 12.8. The minimum atomic E-state index is -0.230. The Morgan fingerprint density at radius 1 is 1.32 bits per heavy atom. The molecule has 0 radical (unpaired) electrons. The molecule has 0 aromatic carbocycles. The standard InChI is InChI=1S/C18H20N2O2/c1-4-7-11-14(10-5-2)16-17(21)19(6-3)15-12-8-9-13-20(15)18(16)22/h4-5,7-13H,6H2,1-3H3/p+1/b7-4-,10-5-,14-11+. The molecule has 0 bridgehead atoms.